The van der Waals surface area contributed by atoms with E-state index in [4.69, 9.17) is 4.74 Å². The zero-order valence-electron chi connectivity index (χ0n) is 10.6. The summed E-state index contributed by atoms with van der Waals surface area (Å²) in [4.78, 5) is 11.0. The largest absolute Gasteiger partial charge is 0.383 e. The van der Waals surface area contributed by atoms with Crippen LogP contribution in [0.3, 0.4) is 0 Å². The molecule has 0 saturated carbocycles. The molecule has 1 atom stereocenters. The highest BCUT2D eigenvalue weighted by atomic mass is 32.1. The van der Waals surface area contributed by atoms with E-state index in [1.165, 1.54) is 10.4 Å². The molecule has 0 radical (unpaired) electrons. The lowest BCUT2D eigenvalue weighted by molar-refractivity contribution is 0.190. The number of fused-ring (bicyclic) bond motifs is 1. The number of nitrogens with one attached hydrogen (secondary N) is 1. The van der Waals surface area contributed by atoms with Crippen molar-refractivity contribution < 1.29 is 4.74 Å². The summed E-state index contributed by atoms with van der Waals surface area (Å²) in [6.45, 7) is 6.97. The number of ether oxygens (including phenoxy) is 1. The van der Waals surface area contributed by atoms with Crippen LogP contribution in [0.2, 0.25) is 0 Å². The quantitative estimate of drug-likeness (QED) is 0.907. The van der Waals surface area contributed by atoms with Gasteiger partial charge in [-0.2, -0.15) is 0 Å². The van der Waals surface area contributed by atoms with E-state index < -0.39 is 0 Å². The van der Waals surface area contributed by atoms with E-state index in [9.17, 15) is 0 Å². The van der Waals surface area contributed by atoms with Gasteiger partial charge in [0.25, 0.3) is 0 Å². The minimum Gasteiger partial charge on any atom is -0.383 e. The average Bonchev–Trinajstić information content (AvgIpc) is 2.56. The first-order chi connectivity index (χ1) is 8.13. The maximum atomic E-state index is 5.12. The Morgan fingerprint density at radius 3 is 2.88 bits per heavy atom. The van der Waals surface area contributed by atoms with Crippen molar-refractivity contribution in [2.75, 3.05) is 19.0 Å². The third kappa shape index (κ3) is 2.40. The van der Waals surface area contributed by atoms with E-state index in [2.05, 4.69) is 36.1 Å². The van der Waals surface area contributed by atoms with Gasteiger partial charge in [0.05, 0.1) is 12.0 Å². The zero-order valence-corrected chi connectivity index (χ0v) is 11.4. The molecule has 4 nitrogen and oxygen atoms in total. The molecule has 0 aromatic carbocycles. The Kier molecular flexibility index (Phi) is 3.59. The predicted molar refractivity (Wildman–Crippen MR) is 71.8 cm³/mol. The van der Waals surface area contributed by atoms with Gasteiger partial charge in [-0.3, -0.25) is 0 Å². The molecular weight excluding hydrogens is 234 g/mol. The molecule has 2 rings (SSSR count). The highest BCUT2D eigenvalue weighted by Crippen LogP contribution is 2.32. The van der Waals surface area contributed by atoms with Crippen LogP contribution in [0.1, 0.15) is 17.4 Å². The number of hydrogen-bond acceptors (Lipinski definition) is 5. The van der Waals surface area contributed by atoms with Gasteiger partial charge in [-0.25, -0.2) is 9.97 Å². The number of aryl methyl sites for hydroxylation is 2. The second-order valence-corrected chi connectivity index (χ2v) is 5.39. The molecule has 0 saturated heterocycles. The minimum atomic E-state index is 0.234. The SMILES string of the molecule is COCC(C)Nc1ncnc2sc(C)c(C)c12. The van der Waals surface area contributed by atoms with Crippen LogP contribution in [0.25, 0.3) is 10.2 Å². The zero-order chi connectivity index (χ0) is 12.4. The molecule has 0 aliphatic carbocycles. The monoisotopic (exact) mass is 251 g/mol. The molecule has 0 amide bonds. The molecule has 17 heavy (non-hydrogen) atoms. The standard InChI is InChI=1S/C12H17N3OS/c1-7(5-16-4)15-11-10-8(2)9(3)17-12(10)14-6-13-11/h6-7H,5H2,1-4H3,(H,13,14,15). The smallest absolute Gasteiger partial charge is 0.138 e. The lowest BCUT2D eigenvalue weighted by Crippen LogP contribution is -2.21. The number of hydrogen-bond donors (Lipinski definition) is 1. The summed E-state index contributed by atoms with van der Waals surface area (Å²) in [5.74, 6) is 0.904. The van der Waals surface area contributed by atoms with E-state index in [0.29, 0.717) is 6.61 Å². The molecule has 0 aliphatic heterocycles. The average molecular weight is 251 g/mol. The van der Waals surface area contributed by atoms with Crippen LogP contribution in [0.15, 0.2) is 6.33 Å². The van der Waals surface area contributed by atoms with Crippen molar-refractivity contribution in [1.82, 2.24) is 9.97 Å². The van der Waals surface area contributed by atoms with Gasteiger partial charge in [-0.05, 0) is 26.3 Å². The molecule has 2 heterocycles. The lowest BCUT2D eigenvalue weighted by atomic mass is 10.2. The Bertz CT molecular complexity index is 524. The van der Waals surface area contributed by atoms with Gasteiger partial charge in [0.1, 0.15) is 17.0 Å². The third-order valence-electron chi connectivity index (χ3n) is 2.77. The van der Waals surface area contributed by atoms with Crippen molar-refractivity contribution in [2.24, 2.45) is 0 Å². The van der Waals surface area contributed by atoms with Gasteiger partial charge < -0.3 is 10.1 Å². The Morgan fingerprint density at radius 1 is 1.41 bits per heavy atom. The molecule has 5 heteroatoms. The van der Waals surface area contributed by atoms with Crippen molar-refractivity contribution in [1.29, 1.82) is 0 Å². The van der Waals surface area contributed by atoms with Crippen LogP contribution < -0.4 is 5.32 Å². The Balaban J connectivity index is 2.40. The van der Waals surface area contributed by atoms with Gasteiger partial charge in [0.2, 0.25) is 0 Å². The van der Waals surface area contributed by atoms with Gasteiger partial charge in [0.15, 0.2) is 0 Å². The molecule has 1 unspecified atom stereocenters. The molecule has 0 bridgehead atoms. The van der Waals surface area contributed by atoms with E-state index in [0.717, 1.165) is 16.0 Å². The van der Waals surface area contributed by atoms with E-state index in [1.54, 1.807) is 24.8 Å². The normalized spacial score (nSPS) is 12.9. The van der Waals surface area contributed by atoms with Crippen LogP contribution in [0, 0.1) is 13.8 Å². The third-order valence-corrected chi connectivity index (χ3v) is 3.88. The fourth-order valence-corrected chi connectivity index (χ4v) is 2.81. The van der Waals surface area contributed by atoms with Crippen molar-refractivity contribution in [3.63, 3.8) is 0 Å². The molecule has 2 aromatic heterocycles. The molecule has 0 spiro atoms. The van der Waals surface area contributed by atoms with Crippen molar-refractivity contribution in [3.8, 4) is 0 Å². The number of rotatable bonds is 4. The van der Waals surface area contributed by atoms with Crippen LogP contribution in [0.4, 0.5) is 5.82 Å². The number of nitrogens with zero attached hydrogens (tertiary/aromatic N) is 2. The maximum Gasteiger partial charge on any atom is 0.138 e. The summed E-state index contributed by atoms with van der Waals surface area (Å²) in [6, 6.07) is 0.234. The number of aromatic nitrogens is 2. The molecule has 2 aromatic rings. The topological polar surface area (TPSA) is 47.0 Å². The Morgan fingerprint density at radius 2 is 2.18 bits per heavy atom. The number of thiophene rings is 1. The molecule has 0 aliphatic rings. The van der Waals surface area contributed by atoms with Gasteiger partial charge in [-0.1, -0.05) is 0 Å². The van der Waals surface area contributed by atoms with Crippen LogP contribution in [0.5, 0.6) is 0 Å². The predicted octanol–water partition coefficient (Wildman–Crippen LogP) is 2.75. The first kappa shape index (κ1) is 12.3. The highest BCUT2D eigenvalue weighted by molar-refractivity contribution is 7.18. The van der Waals surface area contributed by atoms with E-state index >= 15 is 0 Å². The summed E-state index contributed by atoms with van der Waals surface area (Å²) >= 11 is 1.71. The van der Waals surface area contributed by atoms with E-state index in [-0.39, 0.29) is 6.04 Å². The number of methoxy groups -OCH3 is 1. The van der Waals surface area contributed by atoms with Gasteiger partial charge in [-0.15, -0.1) is 11.3 Å². The first-order valence-corrected chi connectivity index (χ1v) is 6.41. The fourth-order valence-electron chi connectivity index (χ4n) is 1.82. The highest BCUT2D eigenvalue weighted by Gasteiger charge is 2.13. The van der Waals surface area contributed by atoms with Crippen molar-refractivity contribution in [3.05, 3.63) is 16.8 Å². The lowest BCUT2D eigenvalue weighted by Gasteiger charge is -2.14. The Hall–Kier alpha value is -1.20. The molecule has 0 fully saturated rings. The van der Waals surface area contributed by atoms with Crippen molar-refractivity contribution in [2.45, 2.75) is 26.8 Å². The minimum absolute atomic E-state index is 0.234. The molecular formula is C12H17N3OS. The summed E-state index contributed by atoms with van der Waals surface area (Å²) in [5.41, 5.74) is 1.26. The summed E-state index contributed by atoms with van der Waals surface area (Å²) in [7, 11) is 1.70. The maximum absolute atomic E-state index is 5.12. The second kappa shape index (κ2) is 4.98. The van der Waals surface area contributed by atoms with Crippen molar-refractivity contribution >= 4 is 27.4 Å². The van der Waals surface area contributed by atoms with Gasteiger partial charge in [0, 0.05) is 18.0 Å². The summed E-state index contributed by atoms with van der Waals surface area (Å²) in [5, 5.41) is 4.51. The number of anilines is 1. The van der Waals surface area contributed by atoms with Crippen LogP contribution in [-0.4, -0.2) is 29.7 Å². The first-order valence-electron chi connectivity index (χ1n) is 5.59. The molecule has 92 valence electrons. The second-order valence-electron chi connectivity index (χ2n) is 4.19. The Labute approximate surface area is 105 Å². The van der Waals surface area contributed by atoms with Gasteiger partial charge >= 0.3 is 0 Å². The fraction of sp³-hybridized carbons (Fsp3) is 0.500. The molecule has 1 N–H and O–H groups in total. The van der Waals surface area contributed by atoms with Crippen LogP contribution >= 0.6 is 11.3 Å². The van der Waals surface area contributed by atoms with Crippen LogP contribution in [-0.2, 0) is 4.74 Å². The summed E-state index contributed by atoms with van der Waals surface area (Å²) < 4.78 is 5.12. The van der Waals surface area contributed by atoms with E-state index in [1.807, 2.05) is 0 Å². The summed E-state index contributed by atoms with van der Waals surface area (Å²) in [6.07, 6.45) is 1.61.